The number of aliphatic hydroxyl groups is 1. The van der Waals surface area contributed by atoms with Crippen molar-refractivity contribution in [3.63, 3.8) is 0 Å². The van der Waals surface area contributed by atoms with E-state index < -0.39 is 0 Å². The van der Waals surface area contributed by atoms with Crippen molar-refractivity contribution in [2.24, 2.45) is 0 Å². The maximum absolute atomic E-state index is 9.12. The highest BCUT2D eigenvalue weighted by atomic mass is 79.9. The molecule has 1 heterocycles. The van der Waals surface area contributed by atoms with Crippen LogP contribution in [0.2, 0.25) is 0 Å². The SMILES string of the molecule is CN(Cc1cccc(Br)c1)c1cc(CO)ccn1. The summed E-state index contributed by atoms with van der Waals surface area (Å²) in [7, 11) is 1.99. The van der Waals surface area contributed by atoms with Gasteiger partial charge in [-0.15, -0.1) is 0 Å². The first-order chi connectivity index (χ1) is 8.69. The number of hydrogen-bond acceptors (Lipinski definition) is 3. The van der Waals surface area contributed by atoms with Crippen LogP contribution in [0.3, 0.4) is 0 Å². The molecule has 0 fully saturated rings. The predicted octanol–water partition coefficient (Wildman–Crippen LogP) is 2.97. The van der Waals surface area contributed by atoms with Gasteiger partial charge in [0.2, 0.25) is 0 Å². The van der Waals surface area contributed by atoms with Crippen LogP contribution in [-0.2, 0) is 13.2 Å². The Morgan fingerprint density at radius 3 is 2.78 bits per heavy atom. The molecule has 0 atom stereocenters. The van der Waals surface area contributed by atoms with Crippen molar-refractivity contribution in [2.45, 2.75) is 13.2 Å². The highest BCUT2D eigenvalue weighted by Crippen LogP contribution is 2.17. The van der Waals surface area contributed by atoms with E-state index in [0.717, 1.165) is 22.4 Å². The van der Waals surface area contributed by atoms with Gasteiger partial charge >= 0.3 is 0 Å². The number of halogens is 1. The average molecular weight is 307 g/mol. The quantitative estimate of drug-likeness (QED) is 0.943. The molecule has 94 valence electrons. The lowest BCUT2D eigenvalue weighted by molar-refractivity contribution is 0.281. The normalized spacial score (nSPS) is 10.4. The summed E-state index contributed by atoms with van der Waals surface area (Å²) in [5.41, 5.74) is 2.09. The monoisotopic (exact) mass is 306 g/mol. The van der Waals surface area contributed by atoms with Gasteiger partial charge in [-0.1, -0.05) is 28.1 Å². The molecule has 2 aromatic rings. The van der Waals surface area contributed by atoms with Crippen LogP contribution in [0.4, 0.5) is 5.82 Å². The van der Waals surface area contributed by atoms with Crippen LogP contribution >= 0.6 is 15.9 Å². The molecule has 1 aromatic carbocycles. The smallest absolute Gasteiger partial charge is 0.128 e. The van der Waals surface area contributed by atoms with Crippen LogP contribution in [0.5, 0.6) is 0 Å². The molecule has 0 saturated carbocycles. The van der Waals surface area contributed by atoms with E-state index in [1.54, 1.807) is 6.20 Å². The minimum Gasteiger partial charge on any atom is -0.392 e. The Kier molecular flexibility index (Phi) is 4.33. The molecule has 3 nitrogen and oxygen atoms in total. The topological polar surface area (TPSA) is 36.4 Å². The number of aliphatic hydroxyl groups excluding tert-OH is 1. The first kappa shape index (κ1) is 13.1. The second-order valence-corrected chi connectivity index (χ2v) is 5.08. The molecule has 4 heteroatoms. The van der Waals surface area contributed by atoms with Gasteiger partial charge in [0.1, 0.15) is 5.82 Å². The fourth-order valence-electron chi connectivity index (χ4n) is 1.76. The van der Waals surface area contributed by atoms with Crippen LogP contribution < -0.4 is 4.90 Å². The number of aromatic nitrogens is 1. The molecule has 0 amide bonds. The molecular formula is C14H15BrN2O. The Hall–Kier alpha value is -1.39. The van der Waals surface area contributed by atoms with E-state index >= 15 is 0 Å². The highest BCUT2D eigenvalue weighted by Gasteiger charge is 2.04. The Bertz CT molecular complexity index is 531. The zero-order chi connectivity index (χ0) is 13.0. The second kappa shape index (κ2) is 5.98. The van der Waals surface area contributed by atoms with Crippen molar-refractivity contribution < 1.29 is 5.11 Å². The number of pyridine rings is 1. The highest BCUT2D eigenvalue weighted by molar-refractivity contribution is 9.10. The number of benzene rings is 1. The van der Waals surface area contributed by atoms with Gasteiger partial charge < -0.3 is 10.0 Å². The molecule has 0 bridgehead atoms. The second-order valence-electron chi connectivity index (χ2n) is 4.17. The van der Waals surface area contributed by atoms with E-state index in [0.29, 0.717) is 0 Å². The van der Waals surface area contributed by atoms with Crippen LogP contribution in [0.15, 0.2) is 47.1 Å². The molecule has 0 aliphatic heterocycles. The van der Waals surface area contributed by atoms with Gasteiger partial charge in [-0.3, -0.25) is 0 Å². The summed E-state index contributed by atoms with van der Waals surface area (Å²) in [4.78, 5) is 6.37. The Balaban J connectivity index is 2.13. The van der Waals surface area contributed by atoms with Crippen molar-refractivity contribution in [3.05, 3.63) is 58.2 Å². The van der Waals surface area contributed by atoms with Crippen molar-refractivity contribution in [1.29, 1.82) is 0 Å². The Morgan fingerprint density at radius 2 is 2.06 bits per heavy atom. The standard InChI is InChI=1S/C14H15BrN2O/c1-17(9-11-3-2-4-13(15)7-11)14-8-12(10-18)5-6-16-14/h2-8,18H,9-10H2,1H3. The maximum atomic E-state index is 9.12. The molecule has 2 rings (SSSR count). The number of hydrogen-bond donors (Lipinski definition) is 1. The van der Waals surface area contributed by atoms with Gasteiger partial charge in [-0.25, -0.2) is 4.98 Å². The molecule has 1 aromatic heterocycles. The van der Waals surface area contributed by atoms with E-state index in [-0.39, 0.29) is 6.61 Å². The van der Waals surface area contributed by atoms with Crippen molar-refractivity contribution in [3.8, 4) is 0 Å². The first-order valence-corrected chi connectivity index (χ1v) is 6.49. The van der Waals surface area contributed by atoms with Gasteiger partial charge in [0.25, 0.3) is 0 Å². The maximum Gasteiger partial charge on any atom is 0.128 e. The number of rotatable bonds is 4. The fraction of sp³-hybridized carbons (Fsp3) is 0.214. The molecule has 0 radical (unpaired) electrons. The summed E-state index contributed by atoms with van der Waals surface area (Å²) in [6.07, 6.45) is 1.72. The van der Waals surface area contributed by atoms with E-state index in [4.69, 9.17) is 5.11 Å². The van der Waals surface area contributed by atoms with Gasteiger partial charge in [0.05, 0.1) is 6.61 Å². The summed E-state index contributed by atoms with van der Waals surface area (Å²) in [5.74, 6) is 0.863. The van der Waals surface area contributed by atoms with Gasteiger partial charge in [0.15, 0.2) is 0 Å². The minimum atomic E-state index is 0.0419. The van der Waals surface area contributed by atoms with Crippen LogP contribution in [0, 0.1) is 0 Å². The van der Waals surface area contributed by atoms with Crippen molar-refractivity contribution in [1.82, 2.24) is 4.98 Å². The molecule has 0 saturated heterocycles. The van der Waals surface area contributed by atoms with E-state index in [1.807, 2.05) is 31.3 Å². The van der Waals surface area contributed by atoms with E-state index in [9.17, 15) is 0 Å². The van der Waals surface area contributed by atoms with Crippen LogP contribution in [0.1, 0.15) is 11.1 Å². The van der Waals surface area contributed by atoms with Crippen molar-refractivity contribution >= 4 is 21.7 Å². The minimum absolute atomic E-state index is 0.0419. The lowest BCUT2D eigenvalue weighted by Crippen LogP contribution is -2.17. The molecule has 0 unspecified atom stereocenters. The fourth-order valence-corrected chi connectivity index (χ4v) is 2.20. The van der Waals surface area contributed by atoms with E-state index in [2.05, 4.69) is 37.9 Å². The lowest BCUT2D eigenvalue weighted by atomic mass is 10.2. The summed E-state index contributed by atoms with van der Waals surface area (Å²) >= 11 is 3.46. The molecular weight excluding hydrogens is 292 g/mol. The van der Waals surface area contributed by atoms with E-state index in [1.165, 1.54) is 5.56 Å². The summed E-state index contributed by atoms with van der Waals surface area (Å²) in [6.45, 7) is 0.821. The third-order valence-electron chi connectivity index (χ3n) is 2.69. The summed E-state index contributed by atoms with van der Waals surface area (Å²) in [6, 6.07) is 11.9. The number of nitrogens with zero attached hydrogens (tertiary/aromatic N) is 2. The predicted molar refractivity (Wildman–Crippen MR) is 76.4 cm³/mol. The molecule has 0 aliphatic carbocycles. The zero-order valence-corrected chi connectivity index (χ0v) is 11.8. The largest absolute Gasteiger partial charge is 0.392 e. The third kappa shape index (κ3) is 3.31. The lowest BCUT2D eigenvalue weighted by Gasteiger charge is -2.18. The summed E-state index contributed by atoms with van der Waals surface area (Å²) < 4.78 is 1.07. The van der Waals surface area contributed by atoms with Gasteiger partial charge in [-0.05, 0) is 35.4 Å². The van der Waals surface area contributed by atoms with Crippen LogP contribution in [0.25, 0.3) is 0 Å². The zero-order valence-electron chi connectivity index (χ0n) is 10.2. The summed E-state index contributed by atoms with van der Waals surface area (Å²) in [5, 5.41) is 9.12. The first-order valence-electron chi connectivity index (χ1n) is 5.70. The molecule has 1 N–H and O–H groups in total. The van der Waals surface area contributed by atoms with Gasteiger partial charge in [-0.2, -0.15) is 0 Å². The van der Waals surface area contributed by atoms with Gasteiger partial charge in [0, 0.05) is 24.3 Å². The van der Waals surface area contributed by atoms with Crippen LogP contribution in [-0.4, -0.2) is 17.1 Å². The third-order valence-corrected chi connectivity index (χ3v) is 3.19. The molecule has 0 spiro atoms. The number of anilines is 1. The Labute approximate surface area is 115 Å². The Morgan fingerprint density at radius 1 is 1.22 bits per heavy atom. The average Bonchev–Trinajstić information content (AvgIpc) is 2.39. The molecule has 18 heavy (non-hydrogen) atoms. The van der Waals surface area contributed by atoms with Crippen molar-refractivity contribution in [2.75, 3.05) is 11.9 Å². The molecule has 0 aliphatic rings.